The maximum absolute atomic E-state index is 5.77. The van der Waals surface area contributed by atoms with Crippen LogP contribution in [0.5, 0.6) is 0 Å². The largest absolute Gasteiger partial charge is 0.375 e. The van der Waals surface area contributed by atoms with Gasteiger partial charge in [0.15, 0.2) is 0 Å². The molecule has 1 rings (SSSR count). The molecule has 1 heteroatoms. The summed E-state index contributed by atoms with van der Waals surface area (Å²) in [5.41, 5.74) is 2.99. The molecule has 0 amide bonds. The van der Waals surface area contributed by atoms with Gasteiger partial charge in [0.1, 0.15) is 0 Å². The van der Waals surface area contributed by atoms with E-state index in [0.717, 1.165) is 0 Å². The Morgan fingerprint density at radius 1 is 1.23 bits per heavy atom. The summed E-state index contributed by atoms with van der Waals surface area (Å²) in [6, 6.07) is 0. The molecule has 0 aliphatic carbocycles. The Kier molecular flexibility index (Phi) is 3.98. The molecule has 0 bridgehead atoms. The van der Waals surface area contributed by atoms with E-state index in [1.165, 1.54) is 36.8 Å². The van der Waals surface area contributed by atoms with Gasteiger partial charge in [-0.05, 0) is 53.4 Å². The van der Waals surface area contributed by atoms with Crippen LogP contribution in [0.4, 0.5) is 0 Å². The summed E-state index contributed by atoms with van der Waals surface area (Å²) in [6.07, 6.45) is 5.96. The fourth-order valence-electron chi connectivity index (χ4n) is 1.73. The fraction of sp³-hybridized carbons (Fsp3) is 0.833. The van der Waals surface area contributed by atoms with Gasteiger partial charge in [-0.25, -0.2) is 0 Å². The van der Waals surface area contributed by atoms with Crippen LogP contribution in [0.3, 0.4) is 0 Å². The molecule has 0 spiro atoms. The van der Waals surface area contributed by atoms with Crippen molar-refractivity contribution in [2.45, 2.75) is 65.6 Å². The van der Waals surface area contributed by atoms with E-state index < -0.39 is 0 Å². The van der Waals surface area contributed by atoms with Gasteiger partial charge in [0.05, 0.1) is 12.2 Å². The molecule has 76 valence electrons. The quantitative estimate of drug-likeness (QED) is 0.605. The normalized spacial score (nSPS) is 27.7. The van der Waals surface area contributed by atoms with Gasteiger partial charge >= 0.3 is 0 Å². The minimum Gasteiger partial charge on any atom is -0.375 e. The zero-order valence-corrected chi connectivity index (χ0v) is 9.39. The summed E-state index contributed by atoms with van der Waals surface area (Å²) in [4.78, 5) is 0. The first-order valence-electron chi connectivity index (χ1n) is 5.38. The summed E-state index contributed by atoms with van der Waals surface area (Å²) < 4.78 is 5.77. The van der Waals surface area contributed by atoms with Crippen molar-refractivity contribution in [3.05, 3.63) is 11.1 Å². The van der Waals surface area contributed by atoms with Crippen LogP contribution in [0.2, 0.25) is 0 Å². The van der Waals surface area contributed by atoms with Crippen LogP contribution in [0.25, 0.3) is 0 Å². The molecule has 0 radical (unpaired) electrons. The molecule has 0 aromatic carbocycles. The minimum atomic E-state index is 0.497. The number of allylic oxidation sites excluding steroid dienone is 2. The Morgan fingerprint density at radius 2 is 1.92 bits per heavy atom. The zero-order valence-electron chi connectivity index (χ0n) is 9.39. The fourth-order valence-corrected chi connectivity index (χ4v) is 1.73. The average molecular weight is 182 g/mol. The molecule has 1 aliphatic heterocycles. The number of rotatable bonds is 3. The second-order valence-electron chi connectivity index (χ2n) is 4.47. The molecule has 0 aromatic heterocycles. The second-order valence-corrected chi connectivity index (χ2v) is 4.47. The van der Waals surface area contributed by atoms with Crippen LogP contribution in [0.1, 0.15) is 53.4 Å². The molecule has 1 heterocycles. The lowest BCUT2D eigenvalue weighted by Gasteiger charge is -2.11. The minimum absolute atomic E-state index is 0.497. The molecule has 2 atom stereocenters. The molecule has 1 fully saturated rings. The zero-order chi connectivity index (χ0) is 9.84. The standard InChI is InChI=1S/C12H22O/c1-9(2)10(3)5-7-12-8-6-11(4)13-12/h11-12H,5-8H2,1-4H3. The molecule has 2 unspecified atom stereocenters. The Balaban J connectivity index is 2.24. The Labute approximate surface area is 82.2 Å². The van der Waals surface area contributed by atoms with Crippen LogP contribution in [0.15, 0.2) is 11.1 Å². The van der Waals surface area contributed by atoms with E-state index in [9.17, 15) is 0 Å². The van der Waals surface area contributed by atoms with Crippen molar-refractivity contribution in [1.29, 1.82) is 0 Å². The lowest BCUT2D eigenvalue weighted by molar-refractivity contribution is 0.0512. The van der Waals surface area contributed by atoms with E-state index in [4.69, 9.17) is 4.74 Å². The summed E-state index contributed by atoms with van der Waals surface area (Å²) in [7, 11) is 0. The SMILES string of the molecule is CC(C)=C(C)CCC1CCC(C)O1. The van der Waals surface area contributed by atoms with Crippen LogP contribution in [0, 0.1) is 0 Å². The summed E-state index contributed by atoms with van der Waals surface area (Å²) in [6.45, 7) is 8.78. The molecular weight excluding hydrogens is 160 g/mol. The molecule has 13 heavy (non-hydrogen) atoms. The van der Waals surface area contributed by atoms with E-state index in [1.54, 1.807) is 0 Å². The highest BCUT2D eigenvalue weighted by Crippen LogP contribution is 2.24. The molecule has 1 aliphatic rings. The third kappa shape index (κ3) is 3.51. The van der Waals surface area contributed by atoms with Gasteiger partial charge in [0.25, 0.3) is 0 Å². The Morgan fingerprint density at radius 3 is 2.38 bits per heavy atom. The van der Waals surface area contributed by atoms with Crippen LogP contribution in [-0.4, -0.2) is 12.2 Å². The highest BCUT2D eigenvalue weighted by molar-refractivity contribution is 5.06. The van der Waals surface area contributed by atoms with Gasteiger partial charge in [-0.1, -0.05) is 11.1 Å². The third-order valence-electron chi connectivity index (χ3n) is 3.01. The molecule has 1 nitrogen and oxygen atoms in total. The van der Waals surface area contributed by atoms with E-state index >= 15 is 0 Å². The van der Waals surface area contributed by atoms with E-state index in [0.29, 0.717) is 12.2 Å². The van der Waals surface area contributed by atoms with Crippen LogP contribution in [-0.2, 0) is 4.74 Å². The molecule has 0 N–H and O–H groups in total. The monoisotopic (exact) mass is 182 g/mol. The van der Waals surface area contributed by atoms with Gasteiger partial charge < -0.3 is 4.74 Å². The number of hydrogen-bond acceptors (Lipinski definition) is 1. The lowest BCUT2D eigenvalue weighted by Crippen LogP contribution is -2.08. The van der Waals surface area contributed by atoms with Crippen LogP contribution >= 0.6 is 0 Å². The van der Waals surface area contributed by atoms with Gasteiger partial charge in [-0.2, -0.15) is 0 Å². The van der Waals surface area contributed by atoms with E-state index in [-0.39, 0.29) is 0 Å². The third-order valence-corrected chi connectivity index (χ3v) is 3.01. The number of hydrogen-bond donors (Lipinski definition) is 0. The van der Waals surface area contributed by atoms with Gasteiger partial charge in [0.2, 0.25) is 0 Å². The van der Waals surface area contributed by atoms with Crippen molar-refractivity contribution in [1.82, 2.24) is 0 Å². The predicted octanol–water partition coefficient (Wildman–Crippen LogP) is 3.69. The summed E-state index contributed by atoms with van der Waals surface area (Å²) >= 11 is 0. The highest BCUT2D eigenvalue weighted by atomic mass is 16.5. The van der Waals surface area contributed by atoms with Gasteiger partial charge in [0, 0.05) is 0 Å². The van der Waals surface area contributed by atoms with Gasteiger partial charge in [-0.3, -0.25) is 0 Å². The second kappa shape index (κ2) is 4.80. The summed E-state index contributed by atoms with van der Waals surface area (Å²) in [5.74, 6) is 0. The van der Waals surface area contributed by atoms with Crippen molar-refractivity contribution in [3.63, 3.8) is 0 Å². The van der Waals surface area contributed by atoms with E-state index in [1.807, 2.05) is 0 Å². The topological polar surface area (TPSA) is 9.23 Å². The smallest absolute Gasteiger partial charge is 0.0582 e. The molecule has 0 aromatic rings. The van der Waals surface area contributed by atoms with Crippen LogP contribution < -0.4 is 0 Å². The van der Waals surface area contributed by atoms with Crippen molar-refractivity contribution < 1.29 is 4.74 Å². The maximum atomic E-state index is 5.77. The maximum Gasteiger partial charge on any atom is 0.0582 e. The summed E-state index contributed by atoms with van der Waals surface area (Å²) in [5, 5.41) is 0. The molecule has 0 saturated carbocycles. The van der Waals surface area contributed by atoms with Crippen molar-refractivity contribution in [2.75, 3.05) is 0 Å². The van der Waals surface area contributed by atoms with E-state index in [2.05, 4.69) is 27.7 Å². The van der Waals surface area contributed by atoms with Crippen molar-refractivity contribution in [3.8, 4) is 0 Å². The first-order valence-corrected chi connectivity index (χ1v) is 5.38. The lowest BCUT2D eigenvalue weighted by atomic mass is 10.0. The van der Waals surface area contributed by atoms with Gasteiger partial charge in [-0.15, -0.1) is 0 Å². The first kappa shape index (κ1) is 10.8. The highest BCUT2D eigenvalue weighted by Gasteiger charge is 2.20. The predicted molar refractivity (Wildman–Crippen MR) is 56.9 cm³/mol. The van der Waals surface area contributed by atoms with Crippen molar-refractivity contribution in [2.24, 2.45) is 0 Å². The molecular formula is C12H22O. The Hall–Kier alpha value is -0.300. The first-order chi connectivity index (χ1) is 6.09. The Bertz CT molecular complexity index is 189. The average Bonchev–Trinajstić information content (AvgIpc) is 2.47. The number of ether oxygens (including phenoxy) is 1. The van der Waals surface area contributed by atoms with Crippen molar-refractivity contribution >= 4 is 0 Å². The molecule has 1 saturated heterocycles.